The Bertz CT molecular complexity index is 458. The molecule has 1 fully saturated rings. The average molecular weight is 235 g/mol. The van der Waals surface area contributed by atoms with E-state index in [0.29, 0.717) is 5.56 Å². The van der Waals surface area contributed by atoms with E-state index in [9.17, 15) is 9.59 Å². The number of nitrogens with one attached hydrogen (secondary N) is 1. The lowest BCUT2D eigenvalue weighted by Crippen LogP contribution is -2.19. The highest BCUT2D eigenvalue weighted by Crippen LogP contribution is 2.32. The topological polar surface area (TPSA) is 59.2 Å². The maximum absolute atomic E-state index is 11.6. The fraction of sp³-hybridized carbons (Fsp3) is 0.538. The highest BCUT2D eigenvalue weighted by atomic mass is 16.5. The first-order valence-electron chi connectivity index (χ1n) is 6.04. The molecule has 1 N–H and O–H groups in total. The summed E-state index contributed by atoms with van der Waals surface area (Å²) in [6, 6.07) is 2.94. The molecule has 1 aliphatic carbocycles. The molecular formula is C13H17NO3. The Balaban J connectivity index is 2.38. The maximum atomic E-state index is 11.6. The fourth-order valence-corrected chi connectivity index (χ4v) is 2.49. The van der Waals surface area contributed by atoms with Gasteiger partial charge in [0.1, 0.15) is 0 Å². The number of hydrogen-bond donors (Lipinski definition) is 1. The number of ether oxygens (including phenoxy) is 1. The first-order chi connectivity index (χ1) is 8.22. The number of aromatic nitrogens is 1. The summed E-state index contributed by atoms with van der Waals surface area (Å²) in [5.41, 5.74) is 1.10. The summed E-state index contributed by atoms with van der Waals surface area (Å²) in [7, 11) is 1.36. The lowest BCUT2D eigenvalue weighted by Gasteiger charge is -2.23. The molecule has 0 radical (unpaired) electrons. The lowest BCUT2D eigenvalue weighted by molar-refractivity contribution is 0.0597. The van der Waals surface area contributed by atoms with Gasteiger partial charge < -0.3 is 9.72 Å². The quantitative estimate of drug-likeness (QED) is 0.799. The normalized spacial score (nSPS) is 16.8. The molecule has 0 aliphatic heterocycles. The number of esters is 1. The summed E-state index contributed by atoms with van der Waals surface area (Å²) in [5, 5.41) is 0. The van der Waals surface area contributed by atoms with Crippen molar-refractivity contribution >= 4 is 5.97 Å². The van der Waals surface area contributed by atoms with Crippen LogP contribution in [0.3, 0.4) is 0 Å². The predicted molar refractivity (Wildman–Crippen MR) is 64.2 cm³/mol. The molecule has 0 spiro atoms. The number of hydrogen-bond acceptors (Lipinski definition) is 3. The Labute approximate surface area is 100 Å². The van der Waals surface area contributed by atoms with E-state index in [1.165, 1.54) is 19.6 Å². The van der Waals surface area contributed by atoms with Gasteiger partial charge in [-0.1, -0.05) is 19.3 Å². The zero-order chi connectivity index (χ0) is 12.3. The third-order valence-corrected chi connectivity index (χ3v) is 3.37. The molecule has 0 aromatic carbocycles. The van der Waals surface area contributed by atoms with Gasteiger partial charge in [-0.05, 0) is 24.8 Å². The molecule has 0 amide bonds. The third-order valence-electron chi connectivity index (χ3n) is 3.37. The highest BCUT2D eigenvalue weighted by molar-refractivity contribution is 5.90. The molecule has 17 heavy (non-hydrogen) atoms. The Morgan fingerprint density at radius 3 is 2.65 bits per heavy atom. The van der Waals surface area contributed by atoms with Crippen molar-refractivity contribution in [3.05, 3.63) is 33.7 Å². The standard InChI is InChI=1S/C13H17NO3/c1-17-13(16)10-7-8-11(15)14-12(10)9-5-3-2-4-6-9/h7-9H,2-6H2,1H3,(H,14,15). The number of aromatic amines is 1. The maximum Gasteiger partial charge on any atom is 0.339 e. The van der Waals surface area contributed by atoms with Crippen molar-refractivity contribution in [1.82, 2.24) is 4.98 Å². The van der Waals surface area contributed by atoms with E-state index in [2.05, 4.69) is 4.98 Å². The summed E-state index contributed by atoms with van der Waals surface area (Å²) in [6.45, 7) is 0. The van der Waals surface area contributed by atoms with Crippen LogP contribution >= 0.6 is 0 Å². The van der Waals surface area contributed by atoms with Gasteiger partial charge >= 0.3 is 5.97 Å². The first-order valence-corrected chi connectivity index (χ1v) is 6.04. The van der Waals surface area contributed by atoms with E-state index in [0.717, 1.165) is 31.4 Å². The van der Waals surface area contributed by atoms with E-state index in [1.807, 2.05) is 0 Å². The van der Waals surface area contributed by atoms with Gasteiger partial charge in [-0.2, -0.15) is 0 Å². The van der Waals surface area contributed by atoms with Crippen LogP contribution in [0.25, 0.3) is 0 Å². The van der Waals surface area contributed by atoms with E-state index < -0.39 is 0 Å². The molecule has 1 saturated carbocycles. The second kappa shape index (κ2) is 5.17. The molecule has 1 aromatic rings. The second-order valence-corrected chi connectivity index (χ2v) is 4.48. The molecule has 1 aromatic heterocycles. The van der Waals surface area contributed by atoms with Gasteiger partial charge in [-0.3, -0.25) is 4.79 Å². The van der Waals surface area contributed by atoms with Crippen molar-refractivity contribution in [3.8, 4) is 0 Å². The molecular weight excluding hydrogens is 218 g/mol. The molecule has 1 heterocycles. The summed E-state index contributed by atoms with van der Waals surface area (Å²) < 4.78 is 4.75. The SMILES string of the molecule is COC(=O)c1ccc(=O)[nH]c1C1CCCCC1. The van der Waals surface area contributed by atoms with Crippen molar-refractivity contribution in [2.75, 3.05) is 7.11 Å². The molecule has 1 aliphatic rings. The van der Waals surface area contributed by atoms with E-state index in [-0.39, 0.29) is 17.4 Å². The van der Waals surface area contributed by atoms with Crippen molar-refractivity contribution in [2.45, 2.75) is 38.0 Å². The number of carbonyl (C=O) groups excluding carboxylic acids is 1. The number of H-pyrrole nitrogens is 1. The molecule has 0 unspecified atom stereocenters. The Kier molecular flexibility index (Phi) is 3.61. The lowest BCUT2D eigenvalue weighted by atomic mass is 9.85. The zero-order valence-electron chi connectivity index (χ0n) is 9.99. The van der Waals surface area contributed by atoms with Crippen LogP contribution in [0.2, 0.25) is 0 Å². The second-order valence-electron chi connectivity index (χ2n) is 4.48. The smallest absolute Gasteiger partial charge is 0.339 e. The number of pyridine rings is 1. The average Bonchev–Trinajstić information content (AvgIpc) is 2.39. The van der Waals surface area contributed by atoms with Crippen LogP contribution in [0.4, 0.5) is 0 Å². The van der Waals surface area contributed by atoms with Crippen molar-refractivity contribution in [2.24, 2.45) is 0 Å². The van der Waals surface area contributed by atoms with Crippen LogP contribution in [-0.4, -0.2) is 18.1 Å². The molecule has 4 nitrogen and oxygen atoms in total. The van der Waals surface area contributed by atoms with Gasteiger partial charge in [-0.15, -0.1) is 0 Å². The zero-order valence-corrected chi connectivity index (χ0v) is 9.99. The Morgan fingerprint density at radius 1 is 1.29 bits per heavy atom. The van der Waals surface area contributed by atoms with Gasteiger partial charge in [0.05, 0.1) is 12.7 Å². The summed E-state index contributed by atoms with van der Waals surface area (Å²) in [5.74, 6) is -0.0893. The Hall–Kier alpha value is -1.58. The molecule has 0 bridgehead atoms. The van der Waals surface area contributed by atoms with Gasteiger partial charge in [0, 0.05) is 11.8 Å². The molecule has 2 rings (SSSR count). The molecule has 0 atom stereocenters. The predicted octanol–water partition coefficient (Wildman–Crippen LogP) is 2.21. The third kappa shape index (κ3) is 2.57. The Morgan fingerprint density at radius 2 is 2.00 bits per heavy atom. The van der Waals surface area contributed by atoms with E-state index in [4.69, 9.17) is 4.74 Å². The summed E-state index contributed by atoms with van der Waals surface area (Å²) in [4.78, 5) is 25.8. The van der Waals surface area contributed by atoms with Crippen LogP contribution in [0.1, 0.15) is 54.1 Å². The van der Waals surface area contributed by atoms with Gasteiger partial charge in [0.25, 0.3) is 0 Å². The molecule has 92 valence electrons. The van der Waals surface area contributed by atoms with Crippen LogP contribution < -0.4 is 5.56 Å². The largest absolute Gasteiger partial charge is 0.465 e. The van der Waals surface area contributed by atoms with Crippen LogP contribution in [0, 0.1) is 0 Å². The fourth-order valence-electron chi connectivity index (χ4n) is 2.49. The number of rotatable bonds is 2. The van der Waals surface area contributed by atoms with E-state index in [1.54, 1.807) is 6.07 Å². The van der Waals surface area contributed by atoms with Crippen molar-refractivity contribution < 1.29 is 9.53 Å². The first kappa shape index (κ1) is 11.9. The molecule has 4 heteroatoms. The minimum atomic E-state index is -0.373. The minimum Gasteiger partial charge on any atom is -0.465 e. The number of methoxy groups -OCH3 is 1. The molecule has 0 saturated heterocycles. The number of carbonyl (C=O) groups is 1. The minimum absolute atomic E-state index is 0.154. The van der Waals surface area contributed by atoms with Crippen LogP contribution in [-0.2, 0) is 4.74 Å². The van der Waals surface area contributed by atoms with Gasteiger partial charge in [-0.25, -0.2) is 4.79 Å². The van der Waals surface area contributed by atoms with E-state index >= 15 is 0 Å². The van der Waals surface area contributed by atoms with Gasteiger partial charge in [0.2, 0.25) is 5.56 Å². The van der Waals surface area contributed by atoms with Crippen molar-refractivity contribution in [3.63, 3.8) is 0 Å². The van der Waals surface area contributed by atoms with Crippen molar-refractivity contribution in [1.29, 1.82) is 0 Å². The van der Waals surface area contributed by atoms with Crippen LogP contribution in [0.15, 0.2) is 16.9 Å². The van der Waals surface area contributed by atoms with Crippen LogP contribution in [0.5, 0.6) is 0 Å². The summed E-state index contributed by atoms with van der Waals surface area (Å²) >= 11 is 0. The summed E-state index contributed by atoms with van der Waals surface area (Å²) in [6.07, 6.45) is 5.61. The van der Waals surface area contributed by atoms with Gasteiger partial charge in [0.15, 0.2) is 0 Å². The monoisotopic (exact) mass is 235 g/mol. The highest BCUT2D eigenvalue weighted by Gasteiger charge is 2.22.